The minimum absolute atomic E-state index is 0.0409. The van der Waals surface area contributed by atoms with E-state index >= 15 is 0 Å². The van der Waals surface area contributed by atoms with Crippen LogP contribution in [0.4, 0.5) is 0 Å². The van der Waals surface area contributed by atoms with Gasteiger partial charge in [-0.1, -0.05) is 13.0 Å². The summed E-state index contributed by atoms with van der Waals surface area (Å²) in [4.78, 5) is 12.4. The summed E-state index contributed by atoms with van der Waals surface area (Å²) in [6.45, 7) is 2.19. The maximum atomic E-state index is 12.4. The van der Waals surface area contributed by atoms with Crippen LogP contribution >= 0.6 is 0 Å². The zero-order chi connectivity index (χ0) is 15.1. The van der Waals surface area contributed by atoms with Gasteiger partial charge in [-0.3, -0.25) is 4.79 Å². The van der Waals surface area contributed by atoms with E-state index < -0.39 is 0 Å². The van der Waals surface area contributed by atoms with Gasteiger partial charge < -0.3 is 9.47 Å². The summed E-state index contributed by atoms with van der Waals surface area (Å²) in [5.74, 6) is 2.30. The Kier molecular flexibility index (Phi) is 2.35. The first kappa shape index (κ1) is 13.1. The molecule has 0 unspecified atom stereocenters. The third kappa shape index (κ3) is 1.35. The van der Waals surface area contributed by atoms with Gasteiger partial charge in [0.2, 0.25) is 0 Å². The minimum atomic E-state index is -0.130. The third-order valence-corrected chi connectivity index (χ3v) is 7.03. The molecular weight excluding hydrogens is 276 g/mol. The standard InChI is InChI=1S/C19H22O3/c1-18-8-7-14-13-4-3-12(21-2)9-11(13)10-17-19(14,22-17)15(18)5-6-16(18)20/h3-4,9,14-15,17H,5-8,10H2,1-2H3/t14-,15-,17+,18+,19-/m1/s1. The highest BCUT2D eigenvalue weighted by atomic mass is 16.6. The van der Waals surface area contributed by atoms with Gasteiger partial charge >= 0.3 is 0 Å². The van der Waals surface area contributed by atoms with E-state index in [1.165, 1.54) is 11.1 Å². The first-order chi connectivity index (χ1) is 10.6. The topological polar surface area (TPSA) is 38.8 Å². The molecule has 1 aliphatic heterocycles. The molecule has 1 spiro atoms. The highest BCUT2D eigenvalue weighted by molar-refractivity contribution is 5.87. The monoisotopic (exact) mass is 298 g/mol. The number of ketones is 1. The fourth-order valence-electron chi connectivity index (χ4n) is 5.87. The Balaban J connectivity index is 1.60. The molecule has 1 aromatic rings. The summed E-state index contributed by atoms with van der Waals surface area (Å²) < 4.78 is 11.7. The number of fused-ring (bicyclic) bond motifs is 3. The lowest BCUT2D eigenvalue weighted by Crippen LogP contribution is -2.49. The predicted octanol–water partition coefficient (Wildman–Crippen LogP) is 3.25. The van der Waals surface area contributed by atoms with Gasteiger partial charge in [0.15, 0.2) is 0 Å². The zero-order valence-electron chi connectivity index (χ0n) is 13.2. The van der Waals surface area contributed by atoms with Crippen molar-refractivity contribution in [1.29, 1.82) is 0 Å². The number of carbonyl (C=O) groups is 1. The van der Waals surface area contributed by atoms with Gasteiger partial charge in [-0.05, 0) is 42.5 Å². The summed E-state index contributed by atoms with van der Waals surface area (Å²) in [5, 5.41) is 0. The van der Waals surface area contributed by atoms with Gasteiger partial charge in [0.05, 0.1) is 13.2 Å². The van der Waals surface area contributed by atoms with Crippen LogP contribution in [0.25, 0.3) is 0 Å². The molecule has 2 saturated carbocycles. The van der Waals surface area contributed by atoms with Crippen LogP contribution < -0.4 is 4.74 Å². The summed E-state index contributed by atoms with van der Waals surface area (Å²) in [7, 11) is 1.72. The largest absolute Gasteiger partial charge is 0.497 e. The van der Waals surface area contributed by atoms with Crippen LogP contribution in [0.2, 0.25) is 0 Å². The van der Waals surface area contributed by atoms with Crippen LogP contribution in [0.5, 0.6) is 5.75 Å². The van der Waals surface area contributed by atoms with Crippen molar-refractivity contribution in [2.45, 2.75) is 56.7 Å². The van der Waals surface area contributed by atoms with Gasteiger partial charge in [0.25, 0.3) is 0 Å². The Labute approximate surface area is 131 Å². The number of ether oxygens (including phenoxy) is 2. The number of carbonyl (C=O) groups excluding carboxylic acids is 1. The second-order valence-corrected chi connectivity index (χ2v) is 7.75. The van der Waals surface area contributed by atoms with Gasteiger partial charge in [0, 0.05) is 30.1 Å². The highest BCUT2D eigenvalue weighted by Crippen LogP contribution is 2.69. The molecule has 0 radical (unpaired) electrons. The second-order valence-electron chi connectivity index (χ2n) is 7.75. The second kappa shape index (κ2) is 3.94. The Bertz CT molecular complexity index is 681. The maximum absolute atomic E-state index is 12.4. The fourth-order valence-corrected chi connectivity index (χ4v) is 5.87. The number of methoxy groups -OCH3 is 1. The number of hydrogen-bond donors (Lipinski definition) is 0. The van der Waals surface area contributed by atoms with E-state index in [9.17, 15) is 4.79 Å². The number of benzene rings is 1. The molecule has 0 N–H and O–H groups in total. The van der Waals surface area contributed by atoms with Gasteiger partial charge in [-0.15, -0.1) is 0 Å². The number of epoxide rings is 1. The van der Waals surface area contributed by atoms with Gasteiger partial charge in [0.1, 0.15) is 17.1 Å². The van der Waals surface area contributed by atoms with Crippen LogP contribution in [-0.2, 0) is 16.0 Å². The Morgan fingerprint density at radius 3 is 3.00 bits per heavy atom. The molecule has 0 amide bonds. The molecule has 1 aromatic carbocycles. The Morgan fingerprint density at radius 1 is 1.32 bits per heavy atom. The van der Waals surface area contributed by atoms with Crippen molar-refractivity contribution in [2.24, 2.45) is 11.3 Å². The van der Waals surface area contributed by atoms with E-state index in [-0.39, 0.29) is 11.0 Å². The van der Waals surface area contributed by atoms with Crippen LogP contribution in [-0.4, -0.2) is 24.6 Å². The number of hydrogen-bond acceptors (Lipinski definition) is 3. The molecule has 0 aromatic heterocycles. The number of rotatable bonds is 1. The molecule has 3 fully saturated rings. The van der Waals surface area contributed by atoms with Gasteiger partial charge in [-0.25, -0.2) is 0 Å². The minimum Gasteiger partial charge on any atom is -0.497 e. The summed E-state index contributed by atoms with van der Waals surface area (Å²) >= 11 is 0. The van der Waals surface area contributed by atoms with Gasteiger partial charge in [-0.2, -0.15) is 0 Å². The molecule has 3 heteroatoms. The van der Waals surface area contributed by atoms with Crippen molar-refractivity contribution in [3.05, 3.63) is 29.3 Å². The molecule has 4 aliphatic rings. The predicted molar refractivity (Wildman–Crippen MR) is 82.1 cm³/mol. The summed E-state index contributed by atoms with van der Waals surface area (Å²) in [6, 6.07) is 6.48. The number of Topliss-reactive ketones (excluding diaryl/α,β-unsaturated/α-hetero) is 1. The van der Waals surface area contributed by atoms with Crippen molar-refractivity contribution in [3.63, 3.8) is 0 Å². The molecule has 5 rings (SSSR count). The van der Waals surface area contributed by atoms with Crippen molar-refractivity contribution in [2.75, 3.05) is 7.11 Å². The van der Waals surface area contributed by atoms with E-state index in [2.05, 4.69) is 25.1 Å². The summed E-state index contributed by atoms with van der Waals surface area (Å²) in [5.41, 5.74) is 2.65. The Hall–Kier alpha value is -1.35. The van der Waals surface area contributed by atoms with Crippen molar-refractivity contribution < 1.29 is 14.3 Å². The lowest BCUT2D eigenvalue weighted by atomic mass is 9.55. The van der Waals surface area contributed by atoms with E-state index in [0.717, 1.165) is 37.9 Å². The normalized spacial score (nSPS) is 44.6. The molecular formula is C19H22O3. The molecule has 116 valence electrons. The van der Waals surface area contributed by atoms with Crippen molar-refractivity contribution in [1.82, 2.24) is 0 Å². The average molecular weight is 298 g/mol. The van der Waals surface area contributed by atoms with E-state index in [4.69, 9.17) is 9.47 Å². The molecule has 3 nitrogen and oxygen atoms in total. The van der Waals surface area contributed by atoms with Crippen LogP contribution in [0.15, 0.2) is 18.2 Å². The molecule has 22 heavy (non-hydrogen) atoms. The lowest BCUT2D eigenvalue weighted by molar-refractivity contribution is -0.129. The van der Waals surface area contributed by atoms with E-state index in [1.54, 1.807) is 7.11 Å². The average Bonchev–Trinajstić information content (AvgIpc) is 3.15. The van der Waals surface area contributed by atoms with Crippen LogP contribution in [0.1, 0.15) is 49.7 Å². The Morgan fingerprint density at radius 2 is 2.18 bits per heavy atom. The van der Waals surface area contributed by atoms with Crippen molar-refractivity contribution in [3.8, 4) is 5.75 Å². The molecule has 3 aliphatic carbocycles. The lowest BCUT2D eigenvalue weighted by Gasteiger charge is -2.46. The SMILES string of the molecule is COc1ccc2c(c1)C[C@@H]1O[C@@]13[C@@H]2CC[C@]1(C)C(=O)CC[C@@H]31. The molecule has 0 bridgehead atoms. The summed E-state index contributed by atoms with van der Waals surface area (Å²) in [6.07, 6.45) is 5.16. The first-order valence-electron chi connectivity index (χ1n) is 8.47. The van der Waals surface area contributed by atoms with Crippen LogP contribution in [0.3, 0.4) is 0 Å². The van der Waals surface area contributed by atoms with Crippen molar-refractivity contribution >= 4 is 5.78 Å². The zero-order valence-corrected chi connectivity index (χ0v) is 13.2. The quantitative estimate of drug-likeness (QED) is 0.747. The highest BCUT2D eigenvalue weighted by Gasteiger charge is 2.74. The smallest absolute Gasteiger partial charge is 0.139 e. The van der Waals surface area contributed by atoms with E-state index in [0.29, 0.717) is 23.7 Å². The van der Waals surface area contributed by atoms with E-state index in [1.807, 2.05) is 0 Å². The molecule has 1 heterocycles. The molecule has 1 saturated heterocycles. The molecule has 5 atom stereocenters. The third-order valence-electron chi connectivity index (χ3n) is 7.03. The fraction of sp³-hybridized carbons (Fsp3) is 0.632. The maximum Gasteiger partial charge on any atom is 0.139 e. The van der Waals surface area contributed by atoms with Crippen LogP contribution in [0, 0.1) is 11.3 Å². The first-order valence-corrected chi connectivity index (χ1v) is 8.47.